The monoisotopic (exact) mass is 212 g/mol. The number of hydrogen-bond donors (Lipinski definition) is 0. The summed E-state index contributed by atoms with van der Waals surface area (Å²) in [7, 11) is 2.13. The van der Waals surface area contributed by atoms with E-state index in [1.807, 2.05) is 6.20 Å². The van der Waals surface area contributed by atoms with Gasteiger partial charge < -0.3 is 9.64 Å². The molecule has 1 unspecified atom stereocenters. The molecule has 3 nitrogen and oxygen atoms in total. The lowest BCUT2D eigenvalue weighted by atomic mass is 10.3. The Morgan fingerprint density at radius 2 is 2.57 bits per heavy atom. The number of likely N-dealkylation sites (N-methyl/N-ethyl adjacent to an activating group) is 1. The van der Waals surface area contributed by atoms with Crippen LogP contribution in [0.2, 0.25) is 0 Å². The number of rotatable bonds is 2. The summed E-state index contributed by atoms with van der Waals surface area (Å²) in [5.74, 6) is 0. The first-order chi connectivity index (χ1) is 6.79. The molecular weight excluding hydrogens is 196 g/mol. The van der Waals surface area contributed by atoms with Crippen LogP contribution in [-0.4, -0.2) is 36.6 Å². The van der Waals surface area contributed by atoms with Crippen molar-refractivity contribution in [3.8, 4) is 0 Å². The molecule has 0 amide bonds. The minimum absolute atomic E-state index is 0.194. The fourth-order valence-electron chi connectivity index (χ4n) is 1.56. The molecule has 1 aliphatic heterocycles. The van der Waals surface area contributed by atoms with E-state index in [0.717, 1.165) is 31.1 Å². The first kappa shape index (κ1) is 10.1. The van der Waals surface area contributed by atoms with Gasteiger partial charge in [0.25, 0.3) is 0 Å². The van der Waals surface area contributed by atoms with Gasteiger partial charge in [-0.25, -0.2) is 4.98 Å². The summed E-state index contributed by atoms with van der Waals surface area (Å²) in [6.45, 7) is 4.98. The van der Waals surface area contributed by atoms with E-state index in [4.69, 9.17) is 4.74 Å². The van der Waals surface area contributed by atoms with Gasteiger partial charge >= 0.3 is 0 Å². The number of ether oxygens (including phenoxy) is 1. The molecule has 1 atom stereocenters. The molecule has 0 aliphatic carbocycles. The Morgan fingerprint density at radius 3 is 3.21 bits per heavy atom. The highest BCUT2D eigenvalue weighted by Gasteiger charge is 2.21. The zero-order chi connectivity index (χ0) is 9.97. The quantitative estimate of drug-likeness (QED) is 0.746. The number of aryl methyl sites for hydroxylation is 1. The van der Waals surface area contributed by atoms with E-state index >= 15 is 0 Å². The van der Waals surface area contributed by atoms with Gasteiger partial charge in [-0.05, 0) is 13.5 Å². The number of aromatic nitrogens is 1. The molecule has 1 aromatic rings. The topological polar surface area (TPSA) is 25.4 Å². The molecule has 2 heterocycles. The summed E-state index contributed by atoms with van der Waals surface area (Å²) < 4.78 is 5.70. The Hall–Kier alpha value is -0.450. The van der Waals surface area contributed by atoms with Crippen molar-refractivity contribution in [3.63, 3.8) is 0 Å². The molecule has 1 fully saturated rings. The van der Waals surface area contributed by atoms with Crippen molar-refractivity contribution >= 4 is 11.3 Å². The molecule has 4 heteroatoms. The number of morpholine rings is 1. The SMILES string of the molecule is CCc1cnc(C2CN(C)CCO2)s1. The second kappa shape index (κ2) is 4.38. The van der Waals surface area contributed by atoms with Crippen LogP contribution >= 0.6 is 11.3 Å². The molecule has 0 aromatic carbocycles. The van der Waals surface area contributed by atoms with Crippen LogP contribution in [0, 0.1) is 0 Å². The first-order valence-corrected chi connectivity index (χ1v) is 5.86. The van der Waals surface area contributed by atoms with Crippen LogP contribution in [0.1, 0.15) is 22.9 Å². The van der Waals surface area contributed by atoms with Gasteiger partial charge in [0.1, 0.15) is 11.1 Å². The third-order valence-corrected chi connectivity index (χ3v) is 3.70. The van der Waals surface area contributed by atoms with Crippen LogP contribution in [0.25, 0.3) is 0 Å². The van der Waals surface area contributed by atoms with Crippen LogP contribution in [-0.2, 0) is 11.2 Å². The molecule has 0 radical (unpaired) electrons. The van der Waals surface area contributed by atoms with Gasteiger partial charge in [0.05, 0.1) is 6.61 Å². The average Bonchev–Trinajstić information content (AvgIpc) is 2.66. The Bertz CT molecular complexity index is 300. The second-order valence-corrected chi connectivity index (χ2v) is 4.79. The predicted octanol–water partition coefficient (Wildman–Crippen LogP) is 1.71. The van der Waals surface area contributed by atoms with E-state index in [1.54, 1.807) is 11.3 Å². The minimum atomic E-state index is 0.194. The van der Waals surface area contributed by atoms with E-state index in [2.05, 4.69) is 23.9 Å². The highest BCUT2D eigenvalue weighted by Crippen LogP contribution is 2.25. The fourth-order valence-corrected chi connectivity index (χ4v) is 2.46. The van der Waals surface area contributed by atoms with Crippen molar-refractivity contribution in [1.82, 2.24) is 9.88 Å². The second-order valence-electron chi connectivity index (χ2n) is 3.64. The van der Waals surface area contributed by atoms with Crippen molar-refractivity contribution < 1.29 is 4.74 Å². The summed E-state index contributed by atoms with van der Waals surface area (Å²) in [5, 5.41) is 1.13. The standard InChI is InChI=1S/C10H16N2OS/c1-3-8-6-11-10(14-8)9-7-12(2)4-5-13-9/h6,9H,3-5,7H2,1-2H3. The molecule has 14 heavy (non-hydrogen) atoms. The van der Waals surface area contributed by atoms with Gasteiger partial charge in [0.15, 0.2) is 0 Å². The van der Waals surface area contributed by atoms with Gasteiger partial charge in [0, 0.05) is 24.2 Å². The van der Waals surface area contributed by atoms with Crippen LogP contribution in [0.4, 0.5) is 0 Å². The van der Waals surface area contributed by atoms with Crippen LogP contribution in [0.5, 0.6) is 0 Å². The summed E-state index contributed by atoms with van der Waals surface area (Å²) in [6, 6.07) is 0. The maximum absolute atomic E-state index is 5.70. The highest BCUT2D eigenvalue weighted by atomic mass is 32.1. The molecule has 1 aromatic heterocycles. The third kappa shape index (κ3) is 2.13. The van der Waals surface area contributed by atoms with Crippen molar-refractivity contribution in [1.29, 1.82) is 0 Å². The number of thiazole rings is 1. The molecule has 1 saturated heterocycles. The van der Waals surface area contributed by atoms with Crippen molar-refractivity contribution in [2.75, 3.05) is 26.7 Å². The van der Waals surface area contributed by atoms with Crippen molar-refractivity contribution in [3.05, 3.63) is 16.1 Å². The maximum atomic E-state index is 5.70. The molecular formula is C10H16N2OS. The normalized spacial score (nSPS) is 24.0. The van der Waals surface area contributed by atoms with Crippen LogP contribution in [0.15, 0.2) is 6.20 Å². The van der Waals surface area contributed by atoms with E-state index in [9.17, 15) is 0 Å². The Kier molecular flexibility index (Phi) is 3.15. The zero-order valence-electron chi connectivity index (χ0n) is 8.69. The van der Waals surface area contributed by atoms with Gasteiger partial charge in [-0.15, -0.1) is 11.3 Å². The summed E-state index contributed by atoms with van der Waals surface area (Å²) >= 11 is 1.78. The van der Waals surface area contributed by atoms with Crippen molar-refractivity contribution in [2.24, 2.45) is 0 Å². The number of nitrogens with zero attached hydrogens (tertiary/aromatic N) is 2. The predicted molar refractivity (Wildman–Crippen MR) is 57.7 cm³/mol. The fraction of sp³-hybridized carbons (Fsp3) is 0.700. The summed E-state index contributed by atoms with van der Waals surface area (Å²) in [5.41, 5.74) is 0. The third-order valence-electron chi connectivity index (χ3n) is 2.46. The first-order valence-electron chi connectivity index (χ1n) is 5.04. The lowest BCUT2D eigenvalue weighted by molar-refractivity contribution is -0.0209. The Morgan fingerprint density at radius 1 is 1.71 bits per heavy atom. The molecule has 0 bridgehead atoms. The van der Waals surface area contributed by atoms with E-state index < -0.39 is 0 Å². The van der Waals surface area contributed by atoms with E-state index in [-0.39, 0.29) is 6.10 Å². The lowest BCUT2D eigenvalue weighted by Crippen LogP contribution is -2.35. The molecule has 1 aliphatic rings. The van der Waals surface area contributed by atoms with Gasteiger partial charge in [-0.1, -0.05) is 6.92 Å². The Labute approximate surface area is 88.7 Å². The largest absolute Gasteiger partial charge is 0.368 e. The number of hydrogen-bond acceptors (Lipinski definition) is 4. The van der Waals surface area contributed by atoms with Gasteiger partial charge in [-0.3, -0.25) is 0 Å². The van der Waals surface area contributed by atoms with Crippen LogP contribution in [0.3, 0.4) is 0 Å². The molecule has 78 valence electrons. The maximum Gasteiger partial charge on any atom is 0.123 e. The Balaban J connectivity index is 2.06. The summed E-state index contributed by atoms with van der Waals surface area (Å²) in [4.78, 5) is 8.05. The highest BCUT2D eigenvalue weighted by molar-refractivity contribution is 7.11. The smallest absolute Gasteiger partial charge is 0.123 e. The average molecular weight is 212 g/mol. The van der Waals surface area contributed by atoms with Gasteiger partial charge in [0.2, 0.25) is 0 Å². The molecule has 0 saturated carbocycles. The lowest BCUT2D eigenvalue weighted by Gasteiger charge is -2.28. The van der Waals surface area contributed by atoms with E-state index in [0.29, 0.717) is 0 Å². The molecule has 0 spiro atoms. The molecule has 2 rings (SSSR count). The van der Waals surface area contributed by atoms with Gasteiger partial charge in [-0.2, -0.15) is 0 Å². The summed E-state index contributed by atoms with van der Waals surface area (Å²) in [6.07, 6.45) is 3.23. The molecule has 0 N–H and O–H groups in total. The van der Waals surface area contributed by atoms with E-state index in [1.165, 1.54) is 4.88 Å². The zero-order valence-corrected chi connectivity index (χ0v) is 9.51. The van der Waals surface area contributed by atoms with Crippen molar-refractivity contribution in [2.45, 2.75) is 19.4 Å². The minimum Gasteiger partial charge on any atom is -0.368 e. The van der Waals surface area contributed by atoms with Crippen LogP contribution < -0.4 is 0 Å².